The van der Waals surface area contributed by atoms with Gasteiger partial charge in [-0.25, -0.2) is 4.98 Å². The molecule has 1 atom stereocenters. The summed E-state index contributed by atoms with van der Waals surface area (Å²) in [6.07, 6.45) is 1.74. The Bertz CT molecular complexity index is 855. The van der Waals surface area contributed by atoms with Gasteiger partial charge in [0.25, 0.3) is 0 Å². The Labute approximate surface area is 167 Å². The van der Waals surface area contributed by atoms with Crippen molar-refractivity contribution in [2.45, 2.75) is 5.72 Å². The molecule has 0 radical (unpaired) electrons. The predicted octanol–water partition coefficient (Wildman–Crippen LogP) is 4.80. The van der Waals surface area contributed by atoms with Gasteiger partial charge in [0.2, 0.25) is 5.72 Å². The van der Waals surface area contributed by atoms with Crippen molar-refractivity contribution in [3.8, 4) is 0 Å². The minimum Gasteiger partial charge on any atom is -0.363 e. The largest absolute Gasteiger partial charge is 0.363 e. The highest BCUT2D eigenvalue weighted by Crippen LogP contribution is 2.39. The summed E-state index contributed by atoms with van der Waals surface area (Å²) in [5, 5.41) is 14.1. The molecule has 128 valence electrons. The van der Waals surface area contributed by atoms with Crippen LogP contribution in [0.5, 0.6) is 0 Å². The van der Waals surface area contributed by atoms with E-state index in [0.29, 0.717) is 18.2 Å². The topological polar surface area (TPSA) is 39.6 Å². The van der Waals surface area contributed by atoms with Crippen LogP contribution in [0.15, 0.2) is 69.1 Å². The molecule has 4 rings (SSSR count). The van der Waals surface area contributed by atoms with Crippen LogP contribution in [0.4, 0.5) is 11.4 Å². The van der Waals surface area contributed by atoms with Gasteiger partial charge in [0, 0.05) is 31.9 Å². The number of hydrogen-bond acceptors (Lipinski definition) is 5. The molecule has 25 heavy (non-hydrogen) atoms. The van der Waals surface area contributed by atoms with E-state index in [1.54, 1.807) is 6.20 Å². The molecule has 2 heterocycles. The monoisotopic (exact) mass is 479 g/mol. The molecule has 4 nitrogen and oxygen atoms in total. The van der Waals surface area contributed by atoms with Crippen molar-refractivity contribution in [1.82, 2.24) is 4.98 Å². The molecule has 0 saturated carbocycles. The van der Waals surface area contributed by atoms with E-state index in [-0.39, 0.29) is 0 Å². The molecule has 1 aliphatic rings. The minimum atomic E-state index is -1.16. The molecule has 0 spiro atoms. The fourth-order valence-electron chi connectivity index (χ4n) is 3.03. The highest BCUT2D eigenvalue weighted by Gasteiger charge is 2.47. The first-order chi connectivity index (χ1) is 12.1. The van der Waals surface area contributed by atoms with Crippen LogP contribution in [0.1, 0.15) is 5.01 Å². The average molecular weight is 481 g/mol. The van der Waals surface area contributed by atoms with Gasteiger partial charge in [0.05, 0.1) is 13.2 Å². The highest BCUT2D eigenvalue weighted by molar-refractivity contribution is 9.10. The molecule has 1 aliphatic heterocycles. The summed E-state index contributed by atoms with van der Waals surface area (Å²) in [5.74, 6) is 0. The smallest absolute Gasteiger partial charge is 0.211 e. The van der Waals surface area contributed by atoms with Gasteiger partial charge in [-0.15, -0.1) is 11.3 Å². The first-order valence-corrected chi connectivity index (χ1v) is 10.2. The van der Waals surface area contributed by atoms with Crippen molar-refractivity contribution in [2.75, 3.05) is 23.0 Å². The first-order valence-electron chi connectivity index (χ1n) is 7.72. The molecule has 0 bridgehead atoms. The maximum atomic E-state index is 11.5. The second-order valence-electron chi connectivity index (χ2n) is 5.87. The van der Waals surface area contributed by atoms with Gasteiger partial charge in [-0.2, -0.15) is 0 Å². The van der Waals surface area contributed by atoms with Crippen LogP contribution in [0.3, 0.4) is 0 Å². The molecule has 1 N–H and O–H groups in total. The van der Waals surface area contributed by atoms with E-state index in [2.05, 4.69) is 53.9 Å². The minimum absolute atomic E-state index is 0.457. The van der Waals surface area contributed by atoms with Crippen molar-refractivity contribution in [3.05, 3.63) is 74.1 Å². The number of halogens is 2. The van der Waals surface area contributed by atoms with E-state index >= 15 is 0 Å². The normalized spacial score (nSPS) is 20.3. The zero-order chi connectivity index (χ0) is 17.4. The SMILES string of the molecule is OC1(c2nccs2)CN(c2ccc(Br)cc2)CN1c1ccc(Br)cc1. The lowest BCUT2D eigenvalue weighted by atomic mass is 10.2. The Hall–Kier alpha value is -1.41. The number of thiazole rings is 1. The first kappa shape index (κ1) is 17.0. The van der Waals surface area contributed by atoms with Crippen molar-refractivity contribution in [2.24, 2.45) is 0 Å². The molecule has 7 heteroatoms. The highest BCUT2D eigenvalue weighted by atomic mass is 79.9. The molecule has 1 aromatic heterocycles. The lowest BCUT2D eigenvalue weighted by Gasteiger charge is -2.31. The van der Waals surface area contributed by atoms with Crippen LogP contribution < -0.4 is 9.80 Å². The van der Waals surface area contributed by atoms with Crippen LogP contribution in [0.25, 0.3) is 0 Å². The number of hydrogen-bond donors (Lipinski definition) is 1. The zero-order valence-electron chi connectivity index (χ0n) is 13.1. The number of aliphatic hydroxyl groups is 1. The number of β-amino-alcohol motifs (C(OH)–C–C–N with tert-alkyl or cyclic N) is 1. The standard InChI is InChI=1S/C18H15Br2N3OS/c19-13-1-5-15(6-2-13)22-11-18(24,17-21-9-10-25-17)23(12-22)16-7-3-14(20)4-8-16/h1-10,24H,11-12H2. The van der Waals surface area contributed by atoms with Gasteiger partial charge in [-0.1, -0.05) is 31.9 Å². The lowest BCUT2D eigenvalue weighted by molar-refractivity contribution is 0.0626. The van der Waals surface area contributed by atoms with Gasteiger partial charge >= 0.3 is 0 Å². The van der Waals surface area contributed by atoms with Crippen LogP contribution in [0, 0.1) is 0 Å². The van der Waals surface area contributed by atoms with Crippen molar-refractivity contribution in [1.29, 1.82) is 0 Å². The van der Waals surface area contributed by atoms with Gasteiger partial charge in [0.15, 0.2) is 0 Å². The molecule has 0 amide bonds. The average Bonchev–Trinajstić information content (AvgIpc) is 3.25. The molecule has 3 aromatic rings. The van der Waals surface area contributed by atoms with E-state index in [4.69, 9.17) is 0 Å². The Kier molecular flexibility index (Phi) is 4.58. The van der Waals surface area contributed by atoms with Crippen molar-refractivity contribution >= 4 is 54.6 Å². The van der Waals surface area contributed by atoms with E-state index in [1.165, 1.54) is 11.3 Å². The third kappa shape index (κ3) is 3.21. The molecule has 1 fully saturated rings. The molecular formula is C18H15Br2N3OS. The second-order valence-corrected chi connectivity index (χ2v) is 8.60. The fourth-order valence-corrected chi connectivity index (χ4v) is 4.30. The Morgan fingerprint density at radius 3 is 2.12 bits per heavy atom. The molecular weight excluding hydrogens is 466 g/mol. The van der Waals surface area contributed by atoms with Crippen LogP contribution >= 0.6 is 43.2 Å². The molecule has 1 unspecified atom stereocenters. The van der Waals surface area contributed by atoms with Crippen LogP contribution in [-0.2, 0) is 5.72 Å². The summed E-state index contributed by atoms with van der Waals surface area (Å²) in [4.78, 5) is 8.55. The predicted molar refractivity (Wildman–Crippen MR) is 109 cm³/mol. The van der Waals surface area contributed by atoms with E-state index in [1.807, 2.05) is 46.7 Å². The van der Waals surface area contributed by atoms with Crippen molar-refractivity contribution < 1.29 is 5.11 Å². The molecule has 2 aromatic carbocycles. The Morgan fingerprint density at radius 1 is 0.960 bits per heavy atom. The fraction of sp³-hybridized carbons (Fsp3) is 0.167. The summed E-state index contributed by atoms with van der Waals surface area (Å²) in [5.41, 5.74) is 0.869. The Balaban J connectivity index is 1.74. The number of nitrogens with zero attached hydrogens (tertiary/aromatic N) is 3. The second kappa shape index (κ2) is 6.72. The number of aromatic nitrogens is 1. The van der Waals surface area contributed by atoms with E-state index < -0.39 is 5.72 Å². The van der Waals surface area contributed by atoms with Gasteiger partial charge in [-0.3, -0.25) is 0 Å². The lowest BCUT2D eigenvalue weighted by Crippen LogP contribution is -2.43. The van der Waals surface area contributed by atoms with Gasteiger partial charge in [-0.05, 0) is 48.5 Å². The van der Waals surface area contributed by atoms with Crippen LogP contribution in [-0.4, -0.2) is 23.3 Å². The maximum absolute atomic E-state index is 11.5. The number of benzene rings is 2. The van der Waals surface area contributed by atoms with E-state index in [0.717, 1.165) is 20.3 Å². The number of rotatable bonds is 3. The van der Waals surface area contributed by atoms with Crippen LogP contribution in [0.2, 0.25) is 0 Å². The maximum Gasteiger partial charge on any atom is 0.211 e. The van der Waals surface area contributed by atoms with Gasteiger partial charge in [0.1, 0.15) is 5.01 Å². The Morgan fingerprint density at radius 2 is 1.56 bits per heavy atom. The van der Waals surface area contributed by atoms with Gasteiger partial charge < -0.3 is 14.9 Å². The third-order valence-electron chi connectivity index (χ3n) is 4.27. The summed E-state index contributed by atoms with van der Waals surface area (Å²) in [6.45, 7) is 1.04. The zero-order valence-corrected chi connectivity index (χ0v) is 17.1. The number of anilines is 2. The summed E-state index contributed by atoms with van der Waals surface area (Å²) in [6, 6.07) is 16.1. The summed E-state index contributed by atoms with van der Waals surface area (Å²) >= 11 is 8.42. The van der Waals surface area contributed by atoms with E-state index in [9.17, 15) is 5.11 Å². The third-order valence-corrected chi connectivity index (χ3v) is 6.25. The molecule has 0 aliphatic carbocycles. The molecule has 1 saturated heterocycles. The summed E-state index contributed by atoms with van der Waals surface area (Å²) in [7, 11) is 0. The van der Waals surface area contributed by atoms with Crippen molar-refractivity contribution in [3.63, 3.8) is 0 Å². The summed E-state index contributed by atoms with van der Waals surface area (Å²) < 4.78 is 2.05. The quantitative estimate of drug-likeness (QED) is 0.584.